The average molecular weight is 455 g/mol. The maximum Gasteiger partial charge on any atom is 0.341 e. The lowest BCUT2D eigenvalue weighted by Crippen LogP contribution is -2.30. The molecule has 3 rings (SSSR count). The summed E-state index contributed by atoms with van der Waals surface area (Å²) < 4.78 is 10.4. The SMILES string of the molecule is CCOC(=O)c1cc(Cc2ccccc2)sc1NC(=S)NCCc1ccc(OC)cc1. The quantitative estimate of drug-likeness (QED) is 0.348. The number of rotatable bonds is 9. The Morgan fingerprint density at radius 1 is 1.06 bits per heavy atom. The summed E-state index contributed by atoms with van der Waals surface area (Å²) in [5.74, 6) is 0.492. The van der Waals surface area contributed by atoms with E-state index in [4.69, 9.17) is 21.7 Å². The van der Waals surface area contributed by atoms with Gasteiger partial charge in [0, 0.05) is 17.8 Å². The topological polar surface area (TPSA) is 59.6 Å². The van der Waals surface area contributed by atoms with Crippen molar-refractivity contribution in [1.29, 1.82) is 0 Å². The first-order valence-corrected chi connectivity index (χ1v) is 11.3. The summed E-state index contributed by atoms with van der Waals surface area (Å²) in [6.45, 7) is 2.80. The van der Waals surface area contributed by atoms with Crippen LogP contribution >= 0.6 is 23.6 Å². The highest BCUT2D eigenvalue weighted by atomic mass is 32.1. The van der Waals surface area contributed by atoms with Crippen molar-refractivity contribution in [3.63, 3.8) is 0 Å². The minimum absolute atomic E-state index is 0.326. The van der Waals surface area contributed by atoms with Gasteiger partial charge in [0.15, 0.2) is 5.11 Å². The normalized spacial score (nSPS) is 10.4. The molecule has 7 heteroatoms. The number of carbonyl (C=O) groups is 1. The van der Waals surface area contributed by atoms with Crippen LogP contribution in [0.2, 0.25) is 0 Å². The second-order valence-corrected chi connectivity index (χ2v) is 8.36. The van der Waals surface area contributed by atoms with Crippen LogP contribution in [0.4, 0.5) is 5.00 Å². The summed E-state index contributed by atoms with van der Waals surface area (Å²) in [6.07, 6.45) is 1.57. The Bertz CT molecular complexity index is 1000. The van der Waals surface area contributed by atoms with Crippen LogP contribution in [0.1, 0.15) is 33.3 Å². The van der Waals surface area contributed by atoms with E-state index in [1.54, 1.807) is 14.0 Å². The Balaban J connectivity index is 1.62. The van der Waals surface area contributed by atoms with Crippen molar-refractivity contribution in [2.24, 2.45) is 0 Å². The second kappa shape index (κ2) is 11.5. The Morgan fingerprint density at radius 2 is 1.81 bits per heavy atom. The zero-order valence-corrected chi connectivity index (χ0v) is 19.3. The number of thiophene rings is 1. The fourth-order valence-corrected chi connectivity index (χ4v) is 4.39. The summed E-state index contributed by atoms with van der Waals surface area (Å²) in [7, 11) is 1.65. The van der Waals surface area contributed by atoms with Gasteiger partial charge in [-0.1, -0.05) is 42.5 Å². The molecular formula is C24H26N2O3S2. The molecule has 31 heavy (non-hydrogen) atoms. The van der Waals surface area contributed by atoms with E-state index in [1.807, 2.05) is 48.5 Å². The molecule has 0 saturated carbocycles. The molecular weight excluding hydrogens is 428 g/mol. The molecule has 2 N–H and O–H groups in total. The minimum Gasteiger partial charge on any atom is -0.497 e. The first-order valence-electron chi connectivity index (χ1n) is 10.1. The third kappa shape index (κ3) is 6.80. The number of hydrogen-bond donors (Lipinski definition) is 2. The smallest absolute Gasteiger partial charge is 0.341 e. The molecule has 0 aliphatic rings. The summed E-state index contributed by atoms with van der Waals surface area (Å²) in [4.78, 5) is 13.5. The van der Waals surface area contributed by atoms with Gasteiger partial charge in [0.25, 0.3) is 0 Å². The molecule has 1 heterocycles. The maximum atomic E-state index is 12.4. The zero-order valence-electron chi connectivity index (χ0n) is 17.6. The van der Waals surface area contributed by atoms with E-state index in [2.05, 4.69) is 22.8 Å². The van der Waals surface area contributed by atoms with Gasteiger partial charge in [-0.2, -0.15) is 0 Å². The Labute approximate surface area is 192 Å². The summed E-state index contributed by atoms with van der Waals surface area (Å²) in [5.41, 5.74) is 2.88. The van der Waals surface area contributed by atoms with Crippen LogP contribution in [0.25, 0.3) is 0 Å². The molecule has 3 aromatic rings. The second-order valence-electron chi connectivity index (χ2n) is 6.82. The number of benzene rings is 2. The van der Waals surface area contributed by atoms with E-state index < -0.39 is 0 Å². The van der Waals surface area contributed by atoms with Gasteiger partial charge < -0.3 is 20.1 Å². The highest BCUT2D eigenvalue weighted by Gasteiger charge is 2.18. The zero-order chi connectivity index (χ0) is 22.1. The maximum absolute atomic E-state index is 12.4. The van der Waals surface area contributed by atoms with E-state index in [9.17, 15) is 4.79 Å². The molecule has 0 saturated heterocycles. The highest BCUT2D eigenvalue weighted by molar-refractivity contribution is 7.80. The van der Waals surface area contributed by atoms with Crippen molar-refractivity contribution in [2.75, 3.05) is 25.6 Å². The fourth-order valence-electron chi connectivity index (χ4n) is 3.04. The lowest BCUT2D eigenvalue weighted by molar-refractivity contribution is 0.0528. The first-order chi connectivity index (χ1) is 15.1. The summed E-state index contributed by atoms with van der Waals surface area (Å²) >= 11 is 6.97. The van der Waals surface area contributed by atoms with Crippen molar-refractivity contribution in [3.05, 3.63) is 82.2 Å². The number of ether oxygens (including phenoxy) is 2. The predicted octanol–water partition coefficient (Wildman–Crippen LogP) is 5.05. The van der Waals surface area contributed by atoms with Gasteiger partial charge >= 0.3 is 5.97 Å². The van der Waals surface area contributed by atoms with Gasteiger partial charge in [-0.3, -0.25) is 0 Å². The van der Waals surface area contributed by atoms with Crippen LogP contribution in [0, 0.1) is 0 Å². The van der Waals surface area contributed by atoms with Gasteiger partial charge in [0.2, 0.25) is 0 Å². The highest BCUT2D eigenvalue weighted by Crippen LogP contribution is 2.30. The van der Waals surface area contributed by atoms with Gasteiger partial charge in [-0.15, -0.1) is 11.3 Å². The molecule has 0 radical (unpaired) electrons. The van der Waals surface area contributed by atoms with E-state index in [-0.39, 0.29) is 5.97 Å². The largest absolute Gasteiger partial charge is 0.497 e. The number of hydrogen-bond acceptors (Lipinski definition) is 5. The van der Waals surface area contributed by atoms with Crippen molar-refractivity contribution < 1.29 is 14.3 Å². The Hall–Kier alpha value is -2.90. The van der Waals surface area contributed by atoms with Crippen LogP contribution in [0.5, 0.6) is 5.75 Å². The standard InChI is InChI=1S/C24H26N2O3S2/c1-3-29-23(27)21-16-20(15-18-7-5-4-6-8-18)31-22(21)26-24(30)25-14-13-17-9-11-19(28-2)12-10-17/h4-12,16H,3,13-15H2,1-2H3,(H2,25,26,30). The molecule has 0 spiro atoms. The molecule has 0 aliphatic carbocycles. The van der Waals surface area contributed by atoms with E-state index in [0.717, 1.165) is 23.5 Å². The monoisotopic (exact) mass is 454 g/mol. The lowest BCUT2D eigenvalue weighted by Gasteiger charge is -2.11. The number of thiocarbonyl (C=S) groups is 1. The van der Waals surface area contributed by atoms with Crippen LogP contribution < -0.4 is 15.4 Å². The third-order valence-electron chi connectivity index (χ3n) is 4.58. The van der Waals surface area contributed by atoms with Crippen LogP contribution in [0.3, 0.4) is 0 Å². The first kappa shape index (κ1) is 22.8. The molecule has 0 atom stereocenters. The molecule has 2 aromatic carbocycles. The van der Waals surface area contributed by atoms with Crippen molar-refractivity contribution in [1.82, 2.24) is 5.32 Å². The molecule has 0 amide bonds. The molecule has 162 valence electrons. The van der Waals surface area contributed by atoms with Crippen molar-refractivity contribution in [2.45, 2.75) is 19.8 Å². The van der Waals surface area contributed by atoms with Gasteiger partial charge in [0.05, 0.1) is 19.3 Å². The van der Waals surface area contributed by atoms with Crippen molar-refractivity contribution in [3.8, 4) is 5.75 Å². The van der Waals surface area contributed by atoms with Gasteiger partial charge in [-0.05, 0) is 54.9 Å². The summed E-state index contributed by atoms with van der Waals surface area (Å²) in [6, 6.07) is 20.0. The Morgan fingerprint density at radius 3 is 2.48 bits per heavy atom. The van der Waals surface area contributed by atoms with E-state index >= 15 is 0 Å². The number of esters is 1. The Kier molecular flexibility index (Phi) is 8.44. The number of carbonyl (C=O) groups excluding carboxylic acids is 1. The van der Waals surface area contributed by atoms with E-state index in [0.29, 0.717) is 28.8 Å². The van der Waals surface area contributed by atoms with Gasteiger partial charge in [0.1, 0.15) is 10.8 Å². The summed E-state index contributed by atoms with van der Waals surface area (Å²) in [5, 5.41) is 7.57. The number of anilines is 1. The molecule has 1 aromatic heterocycles. The number of nitrogens with one attached hydrogen (secondary N) is 2. The third-order valence-corrected chi connectivity index (χ3v) is 5.88. The number of methoxy groups -OCH3 is 1. The van der Waals surface area contributed by atoms with Crippen LogP contribution in [-0.2, 0) is 17.6 Å². The average Bonchev–Trinajstić information content (AvgIpc) is 3.17. The molecule has 0 aliphatic heterocycles. The van der Waals surface area contributed by atoms with E-state index in [1.165, 1.54) is 22.5 Å². The molecule has 0 unspecified atom stereocenters. The van der Waals surface area contributed by atoms with Gasteiger partial charge in [-0.25, -0.2) is 4.79 Å². The lowest BCUT2D eigenvalue weighted by atomic mass is 10.1. The van der Waals surface area contributed by atoms with Crippen molar-refractivity contribution >= 4 is 39.6 Å². The minimum atomic E-state index is -0.346. The predicted molar refractivity (Wildman–Crippen MR) is 130 cm³/mol. The van der Waals surface area contributed by atoms with Crippen LogP contribution in [-0.4, -0.2) is 31.3 Å². The fraction of sp³-hybridized carbons (Fsp3) is 0.250. The molecule has 0 fully saturated rings. The molecule has 5 nitrogen and oxygen atoms in total. The van der Waals surface area contributed by atoms with Crippen LogP contribution in [0.15, 0.2) is 60.7 Å². The molecule has 0 bridgehead atoms.